The van der Waals surface area contributed by atoms with Crippen LogP contribution in [-0.4, -0.2) is 32.2 Å². The summed E-state index contributed by atoms with van der Waals surface area (Å²) in [5.74, 6) is 0.285. The van der Waals surface area contributed by atoms with E-state index in [1.165, 1.54) is 12.3 Å². The molecule has 3 rings (SSSR count). The molecule has 0 spiro atoms. The molecule has 8 heteroatoms. The van der Waals surface area contributed by atoms with Gasteiger partial charge in [0.25, 0.3) is 0 Å². The van der Waals surface area contributed by atoms with Crippen LogP contribution in [0.4, 0.5) is 24.5 Å². The molecule has 5 nitrogen and oxygen atoms in total. The average Bonchev–Trinajstić information content (AvgIpc) is 3.13. The fourth-order valence-corrected chi connectivity index (χ4v) is 2.80. The molecular formula is C18H19F3N2O3. The summed E-state index contributed by atoms with van der Waals surface area (Å²) in [7, 11) is 0. The number of nitrogens with zero attached hydrogens (tertiary/aromatic N) is 1. The molecule has 1 aliphatic heterocycles. The number of morpholine rings is 1. The van der Waals surface area contributed by atoms with Crippen molar-refractivity contribution in [3.05, 3.63) is 47.9 Å². The van der Waals surface area contributed by atoms with Crippen molar-refractivity contribution in [2.75, 3.05) is 36.5 Å². The van der Waals surface area contributed by atoms with Gasteiger partial charge in [-0.25, -0.2) is 0 Å². The lowest BCUT2D eigenvalue weighted by atomic mass is 10.1. The van der Waals surface area contributed by atoms with Gasteiger partial charge in [-0.2, -0.15) is 13.2 Å². The number of furan rings is 1. The number of carbonyl (C=O) groups is 1. The zero-order valence-electron chi connectivity index (χ0n) is 14.0. The highest BCUT2D eigenvalue weighted by atomic mass is 19.4. The Morgan fingerprint density at radius 2 is 1.96 bits per heavy atom. The lowest BCUT2D eigenvalue weighted by Gasteiger charge is -2.31. The van der Waals surface area contributed by atoms with E-state index in [1.54, 1.807) is 12.1 Å². The Balaban J connectivity index is 1.78. The molecular weight excluding hydrogens is 349 g/mol. The quantitative estimate of drug-likeness (QED) is 0.874. The number of aryl methyl sites for hydroxylation is 1. The summed E-state index contributed by atoms with van der Waals surface area (Å²) in [4.78, 5) is 14.1. The van der Waals surface area contributed by atoms with Crippen molar-refractivity contribution in [3.8, 4) is 0 Å². The Kier molecular flexibility index (Phi) is 5.51. The molecule has 2 heterocycles. The maximum absolute atomic E-state index is 13.1. The fourth-order valence-electron chi connectivity index (χ4n) is 2.80. The smallest absolute Gasteiger partial charge is 0.416 e. The monoisotopic (exact) mass is 368 g/mol. The first-order chi connectivity index (χ1) is 12.4. The third-order valence-corrected chi connectivity index (χ3v) is 4.13. The molecule has 1 aromatic carbocycles. The van der Waals surface area contributed by atoms with Crippen molar-refractivity contribution in [3.63, 3.8) is 0 Å². The summed E-state index contributed by atoms with van der Waals surface area (Å²) in [6, 6.07) is 6.88. The van der Waals surface area contributed by atoms with Gasteiger partial charge < -0.3 is 19.4 Å². The van der Waals surface area contributed by atoms with E-state index in [0.717, 1.165) is 12.1 Å². The van der Waals surface area contributed by atoms with Gasteiger partial charge in [0.05, 0.1) is 36.4 Å². The zero-order chi connectivity index (χ0) is 18.6. The van der Waals surface area contributed by atoms with Crippen molar-refractivity contribution in [1.29, 1.82) is 0 Å². The van der Waals surface area contributed by atoms with Crippen molar-refractivity contribution >= 4 is 17.3 Å². The number of ether oxygens (including phenoxy) is 1. The van der Waals surface area contributed by atoms with E-state index in [9.17, 15) is 18.0 Å². The Morgan fingerprint density at radius 3 is 2.62 bits per heavy atom. The number of hydrogen-bond donors (Lipinski definition) is 1. The lowest BCUT2D eigenvalue weighted by molar-refractivity contribution is -0.137. The molecule has 26 heavy (non-hydrogen) atoms. The molecule has 0 bridgehead atoms. The van der Waals surface area contributed by atoms with Crippen molar-refractivity contribution in [2.45, 2.75) is 19.0 Å². The summed E-state index contributed by atoms with van der Waals surface area (Å²) in [5, 5.41) is 2.62. The fraction of sp³-hybridized carbons (Fsp3) is 0.389. The van der Waals surface area contributed by atoms with Gasteiger partial charge in [0.15, 0.2) is 0 Å². The van der Waals surface area contributed by atoms with E-state index in [0.29, 0.717) is 44.2 Å². The van der Waals surface area contributed by atoms with E-state index < -0.39 is 11.7 Å². The Labute approximate surface area is 148 Å². The van der Waals surface area contributed by atoms with Crippen LogP contribution in [0.3, 0.4) is 0 Å². The number of amides is 1. The number of alkyl halides is 3. The van der Waals surface area contributed by atoms with Crippen LogP contribution in [0, 0.1) is 0 Å². The number of anilines is 2. The molecule has 0 radical (unpaired) electrons. The Hall–Kier alpha value is -2.48. The van der Waals surface area contributed by atoms with Crippen LogP contribution in [0.5, 0.6) is 0 Å². The Morgan fingerprint density at radius 1 is 1.19 bits per heavy atom. The van der Waals surface area contributed by atoms with E-state index in [4.69, 9.17) is 9.15 Å². The first-order valence-electron chi connectivity index (χ1n) is 8.29. The molecule has 140 valence electrons. The second-order valence-electron chi connectivity index (χ2n) is 5.96. The highest BCUT2D eigenvalue weighted by Gasteiger charge is 2.31. The molecule has 0 aliphatic carbocycles. The minimum Gasteiger partial charge on any atom is -0.469 e. The van der Waals surface area contributed by atoms with Crippen LogP contribution in [0.25, 0.3) is 0 Å². The summed E-state index contributed by atoms with van der Waals surface area (Å²) < 4.78 is 49.6. The minimum absolute atomic E-state index is 0.117. The standard InChI is InChI=1S/C18H19F3N2O3/c19-18(20,21)13-3-5-16(23-7-10-25-11-8-23)15(12-13)22-17(24)6-4-14-2-1-9-26-14/h1-3,5,9,12H,4,6-8,10-11H2,(H,22,24). The molecule has 1 saturated heterocycles. The van der Waals surface area contributed by atoms with E-state index in [-0.39, 0.29) is 18.0 Å². The second kappa shape index (κ2) is 7.82. The number of halogens is 3. The van der Waals surface area contributed by atoms with Crippen molar-refractivity contribution in [1.82, 2.24) is 0 Å². The summed E-state index contributed by atoms with van der Waals surface area (Å²) in [6.45, 7) is 2.10. The highest BCUT2D eigenvalue weighted by molar-refractivity contribution is 5.94. The average molecular weight is 368 g/mol. The maximum Gasteiger partial charge on any atom is 0.416 e. The third kappa shape index (κ3) is 4.57. The van der Waals surface area contributed by atoms with E-state index >= 15 is 0 Å². The van der Waals surface area contributed by atoms with Gasteiger partial charge in [0, 0.05) is 25.9 Å². The van der Waals surface area contributed by atoms with Crippen molar-refractivity contribution in [2.24, 2.45) is 0 Å². The Bertz CT molecular complexity index is 739. The topological polar surface area (TPSA) is 54.7 Å². The molecule has 1 N–H and O–H groups in total. The molecule has 0 unspecified atom stereocenters. The zero-order valence-corrected chi connectivity index (χ0v) is 14.0. The number of rotatable bonds is 5. The number of benzene rings is 1. The van der Waals surface area contributed by atoms with Gasteiger partial charge >= 0.3 is 6.18 Å². The van der Waals surface area contributed by atoms with Crippen molar-refractivity contribution < 1.29 is 27.1 Å². The molecule has 1 aromatic heterocycles. The van der Waals surface area contributed by atoms with Gasteiger partial charge in [0.1, 0.15) is 5.76 Å². The van der Waals surface area contributed by atoms with Gasteiger partial charge in [0.2, 0.25) is 5.91 Å². The summed E-state index contributed by atoms with van der Waals surface area (Å²) >= 11 is 0. The number of nitrogens with one attached hydrogen (secondary N) is 1. The summed E-state index contributed by atoms with van der Waals surface area (Å²) in [6.07, 6.45) is -2.47. The molecule has 1 fully saturated rings. The van der Waals surface area contributed by atoms with Crippen LogP contribution >= 0.6 is 0 Å². The van der Waals surface area contributed by atoms with Crippen LogP contribution in [0.1, 0.15) is 17.7 Å². The van der Waals surface area contributed by atoms with Gasteiger partial charge in [-0.1, -0.05) is 0 Å². The van der Waals surface area contributed by atoms with Crippen LogP contribution in [0.15, 0.2) is 41.0 Å². The molecule has 0 saturated carbocycles. The van der Waals surface area contributed by atoms with Gasteiger partial charge in [-0.15, -0.1) is 0 Å². The van der Waals surface area contributed by atoms with Gasteiger partial charge in [-0.3, -0.25) is 4.79 Å². The predicted molar refractivity (Wildman–Crippen MR) is 90.1 cm³/mol. The first-order valence-corrected chi connectivity index (χ1v) is 8.29. The minimum atomic E-state index is -4.48. The lowest BCUT2D eigenvalue weighted by Crippen LogP contribution is -2.36. The summed E-state index contributed by atoms with van der Waals surface area (Å²) in [5.41, 5.74) is -0.0744. The molecule has 2 aromatic rings. The molecule has 0 atom stereocenters. The molecule has 1 aliphatic rings. The third-order valence-electron chi connectivity index (χ3n) is 4.13. The SMILES string of the molecule is O=C(CCc1ccco1)Nc1cc(C(F)(F)F)ccc1N1CCOCC1. The number of hydrogen-bond acceptors (Lipinski definition) is 4. The highest BCUT2D eigenvalue weighted by Crippen LogP contribution is 2.35. The largest absolute Gasteiger partial charge is 0.469 e. The first kappa shape index (κ1) is 18.3. The molecule has 1 amide bonds. The van der Waals surface area contributed by atoms with Crippen LogP contribution in [-0.2, 0) is 22.1 Å². The van der Waals surface area contributed by atoms with E-state index in [2.05, 4.69) is 5.32 Å². The normalized spacial score (nSPS) is 15.1. The van der Waals surface area contributed by atoms with Crippen LogP contribution in [0.2, 0.25) is 0 Å². The van der Waals surface area contributed by atoms with E-state index in [1.807, 2.05) is 4.90 Å². The number of carbonyl (C=O) groups excluding carboxylic acids is 1. The second-order valence-corrected chi connectivity index (χ2v) is 5.96. The maximum atomic E-state index is 13.1. The predicted octanol–water partition coefficient (Wildman–Crippen LogP) is 3.71. The van der Waals surface area contributed by atoms with Gasteiger partial charge in [-0.05, 0) is 30.3 Å². The van der Waals surface area contributed by atoms with Crippen LogP contribution < -0.4 is 10.2 Å².